The van der Waals surface area contributed by atoms with E-state index < -0.39 is 10.0 Å². The minimum atomic E-state index is -3.49. The molecule has 1 rings (SSSR count). The fourth-order valence-electron chi connectivity index (χ4n) is 1.50. The van der Waals surface area contributed by atoms with Crippen molar-refractivity contribution in [1.29, 1.82) is 0 Å². The Bertz CT molecular complexity index is 538. The Morgan fingerprint density at radius 3 is 2.50 bits per heavy atom. The zero-order valence-corrected chi connectivity index (χ0v) is 11.3. The van der Waals surface area contributed by atoms with Gasteiger partial charge in [0.2, 0.25) is 10.0 Å². The fourth-order valence-corrected chi connectivity index (χ4v) is 2.91. The van der Waals surface area contributed by atoms with E-state index in [0.29, 0.717) is 13.0 Å². The molecule has 0 heterocycles. The van der Waals surface area contributed by atoms with Gasteiger partial charge < -0.3 is 0 Å². The van der Waals surface area contributed by atoms with Gasteiger partial charge in [0.1, 0.15) is 0 Å². The van der Waals surface area contributed by atoms with Crippen LogP contribution in [0.4, 0.5) is 0 Å². The van der Waals surface area contributed by atoms with Gasteiger partial charge in [-0.05, 0) is 19.1 Å². The Labute approximate surface area is 109 Å². The van der Waals surface area contributed by atoms with Crippen molar-refractivity contribution in [2.75, 3.05) is 13.1 Å². The van der Waals surface area contributed by atoms with E-state index in [1.54, 1.807) is 30.3 Å². The normalized spacial score (nSPS) is 11.2. The molecule has 1 aromatic carbocycles. The lowest BCUT2D eigenvalue weighted by atomic mass is 10.2. The van der Waals surface area contributed by atoms with Crippen LogP contribution in [-0.4, -0.2) is 25.8 Å². The summed E-state index contributed by atoms with van der Waals surface area (Å²) in [4.78, 5) is 0.284. The van der Waals surface area contributed by atoms with Gasteiger partial charge in [0.25, 0.3) is 0 Å². The van der Waals surface area contributed by atoms with Gasteiger partial charge in [0.15, 0.2) is 0 Å². The molecule has 0 aromatic heterocycles. The highest BCUT2D eigenvalue weighted by atomic mass is 32.2. The van der Waals surface area contributed by atoms with Gasteiger partial charge in [0.05, 0.1) is 4.90 Å². The van der Waals surface area contributed by atoms with E-state index in [0.717, 1.165) is 5.56 Å². The van der Waals surface area contributed by atoms with Crippen LogP contribution in [0.3, 0.4) is 0 Å². The standard InChI is InChI=1S/C14H17NO2S/c1-4-6-12-15(11-5-2)18(16,17)14-9-7-13(3)8-10-14/h1,5,7-10H,2,6,11-12H2,3H3. The number of terminal acetylenes is 1. The molecule has 0 N–H and O–H groups in total. The van der Waals surface area contributed by atoms with Gasteiger partial charge in [-0.25, -0.2) is 8.42 Å². The maximum absolute atomic E-state index is 12.3. The van der Waals surface area contributed by atoms with Crippen LogP contribution in [0.2, 0.25) is 0 Å². The molecule has 18 heavy (non-hydrogen) atoms. The van der Waals surface area contributed by atoms with Crippen LogP contribution in [0.5, 0.6) is 0 Å². The van der Waals surface area contributed by atoms with Crippen molar-refractivity contribution in [3.05, 3.63) is 42.5 Å². The number of benzene rings is 1. The van der Waals surface area contributed by atoms with Gasteiger partial charge in [-0.3, -0.25) is 0 Å². The van der Waals surface area contributed by atoms with Crippen molar-refractivity contribution in [2.24, 2.45) is 0 Å². The van der Waals surface area contributed by atoms with Crippen molar-refractivity contribution < 1.29 is 8.42 Å². The lowest BCUT2D eigenvalue weighted by Gasteiger charge is -2.19. The van der Waals surface area contributed by atoms with Crippen LogP contribution >= 0.6 is 0 Å². The van der Waals surface area contributed by atoms with Crippen LogP contribution in [0.15, 0.2) is 41.8 Å². The van der Waals surface area contributed by atoms with Crippen LogP contribution in [0.25, 0.3) is 0 Å². The summed E-state index contributed by atoms with van der Waals surface area (Å²) < 4.78 is 26.0. The quantitative estimate of drug-likeness (QED) is 0.583. The first-order valence-corrected chi connectivity index (χ1v) is 7.07. The second kappa shape index (κ2) is 6.39. The van der Waals surface area contributed by atoms with E-state index in [1.807, 2.05) is 6.92 Å². The summed E-state index contributed by atoms with van der Waals surface area (Å²) in [5.74, 6) is 2.45. The summed E-state index contributed by atoms with van der Waals surface area (Å²) in [7, 11) is -3.49. The van der Waals surface area contributed by atoms with E-state index in [9.17, 15) is 8.42 Å². The van der Waals surface area contributed by atoms with Crippen LogP contribution < -0.4 is 0 Å². The highest BCUT2D eigenvalue weighted by Crippen LogP contribution is 2.16. The second-order valence-electron chi connectivity index (χ2n) is 3.92. The lowest BCUT2D eigenvalue weighted by molar-refractivity contribution is 0.450. The molecule has 0 atom stereocenters. The van der Waals surface area contributed by atoms with E-state index in [4.69, 9.17) is 6.42 Å². The molecule has 0 fully saturated rings. The Balaban J connectivity index is 3.04. The first-order chi connectivity index (χ1) is 8.52. The average molecular weight is 263 g/mol. The van der Waals surface area contributed by atoms with Gasteiger partial charge in [-0.1, -0.05) is 23.8 Å². The Kier molecular flexibility index (Phi) is 5.14. The SMILES string of the molecule is C#CCCN(CC=C)S(=O)(=O)c1ccc(C)cc1. The minimum Gasteiger partial charge on any atom is -0.207 e. The topological polar surface area (TPSA) is 37.4 Å². The molecule has 0 unspecified atom stereocenters. The maximum Gasteiger partial charge on any atom is 0.243 e. The Morgan fingerprint density at radius 2 is 2.00 bits per heavy atom. The summed E-state index contributed by atoms with van der Waals surface area (Å²) in [5.41, 5.74) is 1.02. The predicted octanol–water partition coefficient (Wildman–Crippen LogP) is 2.20. The summed E-state index contributed by atoms with van der Waals surface area (Å²) in [6.07, 6.45) is 7.12. The van der Waals surface area contributed by atoms with Crippen molar-refractivity contribution in [2.45, 2.75) is 18.2 Å². The fraction of sp³-hybridized carbons (Fsp3) is 0.286. The average Bonchev–Trinajstić information content (AvgIpc) is 2.35. The van der Waals surface area contributed by atoms with Crippen LogP contribution in [-0.2, 0) is 10.0 Å². The van der Waals surface area contributed by atoms with E-state index in [1.165, 1.54) is 4.31 Å². The summed E-state index contributed by atoms with van der Waals surface area (Å²) in [6.45, 7) is 6.05. The van der Waals surface area contributed by atoms with Gasteiger partial charge in [-0.2, -0.15) is 4.31 Å². The highest BCUT2D eigenvalue weighted by Gasteiger charge is 2.22. The molecule has 0 spiro atoms. The first-order valence-electron chi connectivity index (χ1n) is 5.63. The van der Waals surface area contributed by atoms with Crippen molar-refractivity contribution in [3.8, 4) is 12.3 Å². The minimum absolute atomic E-state index is 0.262. The van der Waals surface area contributed by atoms with Gasteiger partial charge in [-0.15, -0.1) is 18.9 Å². The van der Waals surface area contributed by atoms with E-state index >= 15 is 0 Å². The molecule has 0 aliphatic carbocycles. The summed E-state index contributed by atoms with van der Waals surface area (Å²) >= 11 is 0. The molecular formula is C14H17NO2S. The zero-order valence-electron chi connectivity index (χ0n) is 10.5. The molecule has 4 heteroatoms. The van der Waals surface area contributed by atoms with Crippen LogP contribution in [0.1, 0.15) is 12.0 Å². The molecule has 0 aliphatic heterocycles. The van der Waals surface area contributed by atoms with Gasteiger partial charge >= 0.3 is 0 Å². The van der Waals surface area contributed by atoms with Crippen LogP contribution in [0, 0.1) is 19.3 Å². The number of hydrogen-bond donors (Lipinski definition) is 0. The molecule has 1 aromatic rings. The first kappa shape index (κ1) is 14.5. The Hall–Kier alpha value is -1.57. The molecule has 0 radical (unpaired) electrons. The predicted molar refractivity (Wildman–Crippen MR) is 73.6 cm³/mol. The highest BCUT2D eigenvalue weighted by molar-refractivity contribution is 7.89. The van der Waals surface area contributed by atoms with E-state index in [2.05, 4.69) is 12.5 Å². The zero-order chi connectivity index (χ0) is 13.6. The smallest absolute Gasteiger partial charge is 0.207 e. The second-order valence-corrected chi connectivity index (χ2v) is 5.86. The number of hydrogen-bond acceptors (Lipinski definition) is 2. The number of rotatable bonds is 6. The molecular weight excluding hydrogens is 246 g/mol. The summed E-state index contributed by atoms with van der Waals surface area (Å²) in [5, 5.41) is 0. The molecule has 96 valence electrons. The molecule has 0 saturated heterocycles. The number of nitrogens with zero attached hydrogens (tertiary/aromatic N) is 1. The third kappa shape index (κ3) is 3.46. The number of aryl methyl sites for hydroxylation is 1. The summed E-state index contributed by atoms with van der Waals surface area (Å²) in [6, 6.07) is 6.77. The lowest BCUT2D eigenvalue weighted by Crippen LogP contribution is -2.32. The molecule has 0 bridgehead atoms. The third-order valence-electron chi connectivity index (χ3n) is 2.50. The van der Waals surface area contributed by atoms with Crippen molar-refractivity contribution in [3.63, 3.8) is 0 Å². The maximum atomic E-state index is 12.3. The number of sulfonamides is 1. The molecule has 0 aliphatic rings. The van der Waals surface area contributed by atoms with Crippen molar-refractivity contribution >= 4 is 10.0 Å². The van der Waals surface area contributed by atoms with E-state index in [-0.39, 0.29) is 11.4 Å². The van der Waals surface area contributed by atoms with Gasteiger partial charge in [0, 0.05) is 19.5 Å². The van der Waals surface area contributed by atoms with Crippen molar-refractivity contribution in [1.82, 2.24) is 4.31 Å². The molecule has 0 saturated carbocycles. The largest absolute Gasteiger partial charge is 0.243 e. The monoisotopic (exact) mass is 263 g/mol. The Morgan fingerprint density at radius 1 is 1.39 bits per heavy atom. The molecule has 3 nitrogen and oxygen atoms in total. The third-order valence-corrected chi connectivity index (χ3v) is 4.38. The molecule has 0 amide bonds.